The van der Waals surface area contributed by atoms with Crippen LogP contribution >= 0.6 is 11.8 Å². The van der Waals surface area contributed by atoms with E-state index in [0.717, 1.165) is 24.2 Å². The Kier molecular flexibility index (Phi) is 6.93. The van der Waals surface area contributed by atoms with Gasteiger partial charge in [-0.25, -0.2) is 9.07 Å². The molecule has 3 N–H and O–H groups in total. The molecule has 1 atom stereocenters. The molecule has 1 amide bonds. The van der Waals surface area contributed by atoms with Crippen molar-refractivity contribution in [2.24, 2.45) is 5.92 Å². The van der Waals surface area contributed by atoms with Crippen molar-refractivity contribution in [1.82, 2.24) is 20.2 Å². The van der Waals surface area contributed by atoms with E-state index >= 15 is 0 Å². The number of nitrogen functional groups attached to an aromatic ring is 1. The first-order valence-electron chi connectivity index (χ1n) is 9.83. The van der Waals surface area contributed by atoms with Gasteiger partial charge >= 0.3 is 0 Å². The summed E-state index contributed by atoms with van der Waals surface area (Å²) in [5.41, 5.74) is 0.885. The molecule has 0 radical (unpaired) electrons. The van der Waals surface area contributed by atoms with Gasteiger partial charge in [0.15, 0.2) is 5.82 Å². The van der Waals surface area contributed by atoms with Gasteiger partial charge in [0.1, 0.15) is 5.82 Å². The van der Waals surface area contributed by atoms with Gasteiger partial charge in [0.05, 0.1) is 11.8 Å². The molecule has 0 bridgehead atoms. The standard InChI is InChI=1S/C20H28FN5OS/c1-13(2)18(14-8-10-16(21)11-9-14)23-17(27)12-28-20-25-24-19(26(20)22)15-6-4-3-5-7-15/h8-11,13,15,18H,3-7,12,22H2,1-2H3,(H,23,27). The molecule has 28 heavy (non-hydrogen) atoms. The maximum absolute atomic E-state index is 13.2. The highest BCUT2D eigenvalue weighted by Gasteiger charge is 2.23. The number of hydrogen-bond acceptors (Lipinski definition) is 5. The summed E-state index contributed by atoms with van der Waals surface area (Å²) in [5.74, 6) is 7.32. The Morgan fingerprint density at radius 1 is 1.25 bits per heavy atom. The molecule has 8 heteroatoms. The van der Waals surface area contributed by atoms with Gasteiger partial charge in [0, 0.05) is 5.92 Å². The molecular weight excluding hydrogens is 377 g/mol. The Labute approximate surface area is 169 Å². The minimum atomic E-state index is -0.288. The molecule has 6 nitrogen and oxygen atoms in total. The summed E-state index contributed by atoms with van der Waals surface area (Å²) < 4.78 is 14.7. The van der Waals surface area contributed by atoms with E-state index in [9.17, 15) is 9.18 Å². The molecule has 1 heterocycles. The van der Waals surface area contributed by atoms with Gasteiger partial charge in [-0.3, -0.25) is 4.79 Å². The molecular formula is C20H28FN5OS. The lowest BCUT2D eigenvalue weighted by molar-refractivity contribution is -0.119. The molecule has 152 valence electrons. The monoisotopic (exact) mass is 405 g/mol. The number of nitrogens with two attached hydrogens (primary N) is 1. The van der Waals surface area contributed by atoms with Crippen molar-refractivity contribution >= 4 is 17.7 Å². The van der Waals surface area contributed by atoms with Gasteiger partial charge in [-0.1, -0.05) is 57.0 Å². The fraction of sp³-hybridized carbons (Fsp3) is 0.550. The van der Waals surface area contributed by atoms with Gasteiger partial charge in [-0.05, 0) is 36.5 Å². The Bertz CT molecular complexity index is 786. The second-order valence-electron chi connectivity index (χ2n) is 7.68. The van der Waals surface area contributed by atoms with Crippen LogP contribution in [0.2, 0.25) is 0 Å². The number of amides is 1. The number of aromatic nitrogens is 3. The molecule has 1 saturated carbocycles. The number of thioether (sulfide) groups is 1. The molecule has 0 spiro atoms. The van der Waals surface area contributed by atoms with Crippen LogP contribution in [0.5, 0.6) is 0 Å². The molecule has 3 rings (SSSR count). The first-order valence-corrected chi connectivity index (χ1v) is 10.8. The molecule has 1 aromatic carbocycles. The molecule has 1 aliphatic carbocycles. The lowest BCUT2D eigenvalue weighted by atomic mass is 9.89. The lowest BCUT2D eigenvalue weighted by Gasteiger charge is -2.23. The van der Waals surface area contributed by atoms with Gasteiger partial charge in [0.2, 0.25) is 11.1 Å². The zero-order chi connectivity index (χ0) is 20.1. The van der Waals surface area contributed by atoms with Crippen molar-refractivity contribution < 1.29 is 9.18 Å². The van der Waals surface area contributed by atoms with Crippen LogP contribution in [0.15, 0.2) is 29.4 Å². The predicted octanol–water partition coefficient (Wildman–Crippen LogP) is 3.78. The van der Waals surface area contributed by atoms with Crippen LogP contribution < -0.4 is 11.2 Å². The van der Waals surface area contributed by atoms with E-state index in [1.165, 1.54) is 47.8 Å². The van der Waals surface area contributed by atoms with Crippen LogP contribution in [0.4, 0.5) is 4.39 Å². The van der Waals surface area contributed by atoms with Crippen molar-refractivity contribution in [2.75, 3.05) is 11.6 Å². The van der Waals surface area contributed by atoms with Crippen LogP contribution in [0.3, 0.4) is 0 Å². The van der Waals surface area contributed by atoms with Crippen LogP contribution in [-0.2, 0) is 4.79 Å². The van der Waals surface area contributed by atoms with Crippen molar-refractivity contribution in [2.45, 2.75) is 63.1 Å². The van der Waals surface area contributed by atoms with E-state index in [-0.39, 0.29) is 29.4 Å². The molecule has 1 fully saturated rings. The van der Waals surface area contributed by atoms with Gasteiger partial charge in [0.25, 0.3) is 0 Å². The number of hydrogen-bond donors (Lipinski definition) is 2. The van der Waals surface area contributed by atoms with Gasteiger partial charge < -0.3 is 11.2 Å². The fourth-order valence-corrected chi connectivity index (χ4v) is 4.35. The highest BCUT2D eigenvalue weighted by Crippen LogP contribution is 2.32. The molecule has 0 saturated heterocycles. The smallest absolute Gasteiger partial charge is 0.230 e. The first-order chi connectivity index (χ1) is 13.5. The molecule has 1 aromatic heterocycles. The summed E-state index contributed by atoms with van der Waals surface area (Å²) in [4.78, 5) is 12.5. The highest BCUT2D eigenvalue weighted by molar-refractivity contribution is 7.99. The normalized spacial score (nSPS) is 16.3. The maximum Gasteiger partial charge on any atom is 0.230 e. The summed E-state index contributed by atoms with van der Waals surface area (Å²) in [6, 6.07) is 6.06. The predicted molar refractivity (Wildman–Crippen MR) is 109 cm³/mol. The topological polar surface area (TPSA) is 85.8 Å². The number of halogens is 1. The van der Waals surface area contributed by atoms with Crippen LogP contribution in [0.25, 0.3) is 0 Å². The average Bonchev–Trinajstić information content (AvgIpc) is 3.06. The Hall–Kier alpha value is -2.09. The van der Waals surface area contributed by atoms with E-state index in [4.69, 9.17) is 5.84 Å². The third kappa shape index (κ3) is 5.04. The summed E-state index contributed by atoms with van der Waals surface area (Å²) >= 11 is 1.28. The minimum absolute atomic E-state index is 0.116. The molecule has 1 unspecified atom stereocenters. The average molecular weight is 406 g/mol. The van der Waals surface area contributed by atoms with Crippen LogP contribution in [0, 0.1) is 11.7 Å². The van der Waals surface area contributed by atoms with E-state index in [0.29, 0.717) is 11.1 Å². The largest absolute Gasteiger partial charge is 0.348 e. The summed E-state index contributed by atoms with van der Waals surface area (Å²) in [6.07, 6.45) is 5.84. The van der Waals surface area contributed by atoms with E-state index < -0.39 is 0 Å². The number of carbonyl (C=O) groups is 1. The summed E-state index contributed by atoms with van der Waals surface area (Å²) in [7, 11) is 0. The van der Waals surface area contributed by atoms with Crippen LogP contribution in [0.1, 0.15) is 69.3 Å². The molecule has 2 aromatic rings. The number of carbonyl (C=O) groups excluding carboxylic acids is 1. The van der Waals surface area contributed by atoms with Gasteiger partial charge in [-0.15, -0.1) is 10.2 Å². The number of rotatable bonds is 7. The van der Waals surface area contributed by atoms with E-state index in [2.05, 4.69) is 15.5 Å². The van der Waals surface area contributed by atoms with Crippen molar-refractivity contribution in [3.8, 4) is 0 Å². The highest BCUT2D eigenvalue weighted by atomic mass is 32.2. The van der Waals surface area contributed by atoms with Crippen molar-refractivity contribution in [3.05, 3.63) is 41.5 Å². The van der Waals surface area contributed by atoms with Crippen molar-refractivity contribution in [3.63, 3.8) is 0 Å². The quantitative estimate of drug-likeness (QED) is 0.541. The third-order valence-electron chi connectivity index (χ3n) is 5.21. The Morgan fingerprint density at radius 3 is 2.57 bits per heavy atom. The molecule has 1 aliphatic rings. The number of nitrogens with one attached hydrogen (secondary N) is 1. The SMILES string of the molecule is CC(C)C(NC(=O)CSc1nnc(C2CCCCC2)n1N)c1ccc(F)cc1. The minimum Gasteiger partial charge on any atom is -0.348 e. The second kappa shape index (κ2) is 9.41. The third-order valence-corrected chi connectivity index (χ3v) is 6.15. The maximum atomic E-state index is 13.2. The number of benzene rings is 1. The van der Waals surface area contributed by atoms with Crippen LogP contribution in [-0.4, -0.2) is 26.5 Å². The summed E-state index contributed by atoms with van der Waals surface area (Å²) in [5, 5.41) is 12.0. The van der Waals surface area contributed by atoms with Crippen molar-refractivity contribution in [1.29, 1.82) is 0 Å². The zero-order valence-electron chi connectivity index (χ0n) is 16.4. The van der Waals surface area contributed by atoms with E-state index in [1.54, 1.807) is 12.1 Å². The molecule has 0 aliphatic heterocycles. The Morgan fingerprint density at radius 2 is 1.93 bits per heavy atom. The summed E-state index contributed by atoms with van der Waals surface area (Å²) in [6.45, 7) is 4.04. The number of nitrogens with zero attached hydrogens (tertiary/aromatic N) is 3. The zero-order valence-corrected chi connectivity index (χ0v) is 17.2. The fourth-order valence-electron chi connectivity index (χ4n) is 3.68. The second-order valence-corrected chi connectivity index (χ2v) is 8.62. The van der Waals surface area contributed by atoms with E-state index in [1.807, 2.05) is 13.8 Å². The lowest BCUT2D eigenvalue weighted by Crippen LogP contribution is -2.33. The van der Waals surface area contributed by atoms with Gasteiger partial charge in [-0.2, -0.15) is 0 Å². The first kappa shape index (κ1) is 20.6. The Balaban J connectivity index is 1.58.